The Kier molecular flexibility index (Phi) is 3.53. The van der Waals surface area contributed by atoms with E-state index in [0.29, 0.717) is 13.0 Å². The van der Waals surface area contributed by atoms with E-state index >= 15 is 0 Å². The molecule has 1 aromatic carbocycles. The van der Waals surface area contributed by atoms with E-state index in [1.807, 2.05) is 36.2 Å². The Morgan fingerprint density at radius 1 is 1.45 bits per heavy atom. The summed E-state index contributed by atoms with van der Waals surface area (Å²) in [7, 11) is 0. The zero-order chi connectivity index (χ0) is 14.1. The molecule has 0 bridgehead atoms. The predicted octanol–water partition coefficient (Wildman–Crippen LogP) is 3.85. The van der Waals surface area contributed by atoms with Crippen LogP contribution in [-0.2, 0) is 4.79 Å². The van der Waals surface area contributed by atoms with Crippen LogP contribution in [0.15, 0.2) is 30.5 Å². The molecular weight excluding hydrogens is 272 g/mol. The molecule has 1 aliphatic heterocycles. The Labute approximate surface area is 123 Å². The van der Waals surface area contributed by atoms with Crippen molar-refractivity contribution in [3.63, 3.8) is 0 Å². The maximum absolute atomic E-state index is 11.7. The second-order valence-electron chi connectivity index (χ2n) is 5.06. The summed E-state index contributed by atoms with van der Waals surface area (Å²) in [4.78, 5) is 16.9. The normalized spacial score (nSPS) is 15.5. The summed E-state index contributed by atoms with van der Waals surface area (Å²) in [5.41, 5.74) is 3.59. The first-order valence-corrected chi connectivity index (χ1v) is 7.30. The maximum Gasteiger partial charge on any atom is 0.222 e. The highest BCUT2D eigenvalue weighted by atomic mass is 35.5. The molecule has 0 aliphatic carbocycles. The third-order valence-electron chi connectivity index (χ3n) is 3.85. The number of hydrogen-bond acceptors (Lipinski definition) is 1. The highest BCUT2D eigenvalue weighted by Gasteiger charge is 2.18. The van der Waals surface area contributed by atoms with Gasteiger partial charge in [0.2, 0.25) is 5.91 Å². The fourth-order valence-corrected chi connectivity index (χ4v) is 2.89. The first-order valence-electron chi connectivity index (χ1n) is 6.93. The monoisotopic (exact) mass is 288 g/mol. The molecule has 1 amide bonds. The summed E-state index contributed by atoms with van der Waals surface area (Å²) in [6.07, 6.45) is 5.65. The molecule has 2 heterocycles. The van der Waals surface area contributed by atoms with Gasteiger partial charge < -0.3 is 9.88 Å². The third kappa shape index (κ3) is 2.34. The fraction of sp³-hybridized carbons (Fsp3) is 0.312. The number of carbonyl (C=O) groups is 1. The number of nitrogens with one attached hydrogen (secondary N) is 1. The van der Waals surface area contributed by atoms with Gasteiger partial charge in [0.1, 0.15) is 0 Å². The van der Waals surface area contributed by atoms with Gasteiger partial charge >= 0.3 is 0 Å². The maximum atomic E-state index is 11.7. The highest BCUT2D eigenvalue weighted by molar-refractivity contribution is 6.31. The number of aromatic amines is 1. The van der Waals surface area contributed by atoms with Crippen LogP contribution in [0, 0.1) is 0 Å². The van der Waals surface area contributed by atoms with Gasteiger partial charge in [0.25, 0.3) is 0 Å². The molecule has 0 radical (unpaired) electrons. The minimum atomic E-state index is 0.224. The van der Waals surface area contributed by atoms with Crippen LogP contribution >= 0.6 is 11.6 Å². The van der Waals surface area contributed by atoms with Gasteiger partial charge in [0.15, 0.2) is 0 Å². The van der Waals surface area contributed by atoms with Gasteiger partial charge in [0, 0.05) is 47.2 Å². The van der Waals surface area contributed by atoms with E-state index in [4.69, 9.17) is 11.6 Å². The lowest BCUT2D eigenvalue weighted by molar-refractivity contribution is -0.130. The number of aromatic nitrogens is 1. The van der Waals surface area contributed by atoms with Crippen molar-refractivity contribution in [2.45, 2.75) is 19.8 Å². The van der Waals surface area contributed by atoms with Crippen molar-refractivity contribution in [3.05, 3.63) is 41.1 Å². The quantitative estimate of drug-likeness (QED) is 0.895. The Balaban J connectivity index is 1.91. The summed E-state index contributed by atoms with van der Waals surface area (Å²) in [6, 6.07) is 5.88. The van der Waals surface area contributed by atoms with Crippen molar-refractivity contribution in [1.82, 2.24) is 9.88 Å². The number of rotatable bonds is 2. The van der Waals surface area contributed by atoms with E-state index in [-0.39, 0.29) is 5.91 Å². The van der Waals surface area contributed by atoms with Crippen LogP contribution in [0.3, 0.4) is 0 Å². The second kappa shape index (κ2) is 5.33. The van der Waals surface area contributed by atoms with E-state index in [1.54, 1.807) is 0 Å². The molecule has 0 unspecified atom stereocenters. The van der Waals surface area contributed by atoms with Crippen molar-refractivity contribution < 1.29 is 4.79 Å². The van der Waals surface area contributed by atoms with Crippen LogP contribution in [0.2, 0.25) is 5.02 Å². The Morgan fingerprint density at radius 3 is 3.00 bits per heavy atom. The number of nitrogens with zero attached hydrogens (tertiary/aromatic N) is 1. The standard InChI is InChI=1S/C16H17ClN2O/c1-2-16(20)19-7-5-11(6-8-19)14-10-18-15-4-3-12(17)9-13(14)15/h3-5,9-10,18H,2,6-8H2,1H3. The van der Waals surface area contributed by atoms with E-state index in [2.05, 4.69) is 11.1 Å². The third-order valence-corrected chi connectivity index (χ3v) is 4.09. The molecule has 1 N–H and O–H groups in total. The van der Waals surface area contributed by atoms with Gasteiger partial charge in [0.05, 0.1) is 0 Å². The van der Waals surface area contributed by atoms with Crippen molar-refractivity contribution in [1.29, 1.82) is 0 Å². The van der Waals surface area contributed by atoms with Gasteiger partial charge in [-0.3, -0.25) is 4.79 Å². The van der Waals surface area contributed by atoms with Crippen molar-refractivity contribution in [2.24, 2.45) is 0 Å². The van der Waals surface area contributed by atoms with Crippen LogP contribution in [-0.4, -0.2) is 28.9 Å². The molecule has 0 saturated carbocycles. The second-order valence-corrected chi connectivity index (χ2v) is 5.50. The average molecular weight is 289 g/mol. The lowest BCUT2D eigenvalue weighted by Gasteiger charge is -2.26. The molecule has 4 heteroatoms. The van der Waals surface area contributed by atoms with E-state index in [1.165, 1.54) is 11.1 Å². The van der Waals surface area contributed by atoms with Gasteiger partial charge in [-0.25, -0.2) is 0 Å². The molecular formula is C16H17ClN2O. The molecule has 104 valence electrons. The molecule has 1 aromatic heterocycles. The lowest BCUT2D eigenvalue weighted by atomic mass is 9.99. The molecule has 3 nitrogen and oxygen atoms in total. The van der Waals surface area contributed by atoms with E-state index in [9.17, 15) is 4.79 Å². The fourth-order valence-electron chi connectivity index (χ4n) is 2.72. The van der Waals surface area contributed by atoms with Crippen LogP contribution in [0.5, 0.6) is 0 Å². The predicted molar refractivity (Wildman–Crippen MR) is 82.8 cm³/mol. The number of benzene rings is 1. The van der Waals surface area contributed by atoms with Gasteiger partial charge in [-0.2, -0.15) is 0 Å². The molecule has 2 aromatic rings. The van der Waals surface area contributed by atoms with Crippen molar-refractivity contribution >= 4 is 34.0 Å². The van der Waals surface area contributed by atoms with Crippen molar-refractivity contribution in [2.75, 3.05) is 13.1 Å². The molecule has 3 rings (SSSR count). The molecule has 0 atom stereocenters. The lowest BCUT2D eigenvalue weighted by Crippen LogP contribution is -2.33. The Morgan fingerprint density at radius 2 is 2.30 bits per heavy atom. The molecule has 0 fully saturated rings. The largest absolute Gasteiger partial charge is 0.361 e. The number of hydrogen-bond donors (Lipinski definition) is 1. The molecule has 1 aliphatic rings. The minimum Gasteiger partial charge on any atom is -0.361 e. The zero-order valence-electron chi connectivity index (χ0n) is 11.4. The Bertz CT molecular complexity index is 687. The number of halogens is 1. The number of H-pyrrole nitrogens is 1. The average Bonchev–Trinajstić information content (AvgIpc) is 2.89. The smallest absolute Gasteiger partial charge is 0.222 e. The SMILES string of the molecule is CCC(=O)N1CC=C(c2c[nH]c3ccc(Cl)cc23)CC1. The van der Waals surface area contributed by atoms with Gasteiger partial charge in [-0.1, -0.05) is 24.6 Å². The van der Waals surface area contributed by atoms with Crippen LogP contribution in [0.25, 0.3) is 16.5 Å². The first kappa shape index (κ1) is 13.3. The van der Waals surface area contributed by atoms with E-state index in [0.717, 1.165) is 28.9 Å². The number of amides is 1. The topological polar surface area (TPSA) is 36.1 Å². The summed E-state index contributed by atoms with van der Waals surface area (Å²) < 4.78 is 0. The number of fused-ring (bicyclic) bond motifs is 1. The van der Waals surface area contributed by atoms with Crippen LogP contribution in [0.1, 0.15) is 25.3 Å². The summed E-state index contributed by atoms with van der Waals surface area (Å²) in [5.74, 6) is 0.224. The molecule has 0 saturated heterocycles. The highest BCUT2D eigenvalue weighted by Crippen LogP contribution is 2.30. The number of carbonyl (C=O) groups excluding carboxylic acids is 1. The Hall–Kier alpha value is -1.74. The minimum absolute atomic E-state index is 0.224. The summed E-state index contributed by atoms with van der Waals surface area (Å²) in [5, 5.41) is 1.90. The summed E-state index contributed by atoms with van der Waals surface area (Å²) in [6.45, 7) is 3.41. The van der Waals surface area contributed by atoms with Crippen LogP contribution in [0.4, 0.5) is 0 Å². The zero-order valence-corrected chi connectivity index (χ0v) is 12.2. The van der Waals surface area contributed by atoms with Crippen molar-refractivity contribution in [3.8, 4) is 0 Å². The first-order chi connectivity index (χ1) is 9.69. The molecule has 20 heavy (non-hydrogen) atoms. The van der Waals surface area contributed by atoms with Gasteiger partial charge in [-0.15, -0.1) is 0 Å². The van der Waals surface area contributed by atoms with Gasteiger partial charge in [-0.05, 0) is 30.2 Å². The molecule has 0 spiro atoms. The van der Waals surface area contributed by atoms with Crippen LogP contribution < -0.4 is 0 Å². The summed E-state index contributed by atoms with van der Waals surface area (Å²) >= 11 is 6.08. The van der Waals surface area contributed by atoms with E-state index < -0.39 is 0 Å².